The Bertz CT molecular complexity index is 374. The third-order valence-electron chi connectivity index (χ3n) is 2.84. The summed E-state index contributed by atoms with van der Waals surface area (Å²) >= 11 is 0. The molecule has 1 saturated carbocycles. The van der Waals surface area contributed by atoms with Gasteiger partial charge < -0.3 is 9.84 Å². The van der Waals surface area contributed by atoms with Crippen LogP contribution in [0.4, 0.5) is 0 Å². The van der Waals surface area contributed by atoms with E-state index in [4.69, 9.17) is 9.84 Å². The Labute approximate surface area is 94.3 Å². The Morgan fingerprint density at radius 2 is 2.31 bits per heavy atom. The monoisotopic (exact) mass is 221 g/mol. The van der Waals surface area contributed by atoms with Gasteiger partial charge >= 0.3 is 5.97 Å². The van der Waals surface area contributed by atoms with Crippen LogP contribution in [-0.4, -0.2) is 22.7 Å². The molecule has 1 heterocycles. The molecule has 1 aromatic rings. The van der Waals surface area contributed by atoms with Crippen molar-refractivity contribution in [2.75, 3.05) is 6.61 Å². The molecule has 1 aromatic heterocycles. The molecule has 86 valence electrons. The summed E-state index contributed by atoms with van der Waals surface area (Å²) in [6, 6.07) is 1.75. The topological polar surface area (TPSA) is 59.4 Å². The number of carboxylic acids is 1. The molecule has 16 heavy (non-hydrogen) atoms. The first-order valence-corrected chi connectivity index (χ1v) is 5.52. The number of nitrogens with zero attached hydrogens (tertiary/aromatic N) is 1. The maximum atomic E-state index is 10.5. The zero-order chi connectivity index (χ0) is 11.4. The van der Waals surface area contributed by atoms with Gasteiger partial charge in [0.05, 0.1) is 19.2 Å². The molecule has 4 nitrogen and oxygen atoms in total. The van der Waals surface area contributed by atoms with Gasteiger partial charge in [0, 0.05) is 6.20 Å². The molecule has 1 fully saturated rings. The number of aliphatic carboxylic acids is 1. The molecule has 0 bridgehead atoms. The Kier molecular flexibility index (Phi) is 3.39. The van der Waals surface area contributed by atoms with Crippen molar-refractivity contribution in [3.63, 3.8) is 0 Å². The number of hydrogen-bond donors (Lipinski definition) is 1. The molecule has 0 unspecified atom stereocenters. The molecule has 1 N–H and O–H groups in total. The smallest absolute Gasteiger partial charge is 0.307 e. The Morgan fingerprint density at radius 3 is 2.94 bits per heavy atom. The molecule has 0 radical (unpaired) electrons. The molecule has 1 aliphatic carbocycles. The highest BCUT2D eigenvalue weighted by atomic mass is 16.5. The number of aromatic nitrogens is 1. The minimum absolute atomic E-state index is 0.00632. The Hall–Kier alpha value is -1.58. The average Bonchev–Trinajstić information content (AvgIpc) is 2.14. The van der Waals surface area contributed by atoms with Gasteiger partial charge in [0.25, 0.3) is 0 Å². The van der Waals surface area contributed by atoms with Gasteiger partial charge in [-0.15, -0.1) is 0 Å². The second-order valence-electron chi connectivity index (χ2n) is 4.21. The number of ether oxygens (including phenoxy) is 1. The predicted molar refractivity (Wildman–Crippen MR) is 58.4 cm³/mol. The first kappa shape index (κ1) is 10.9. The van der Waals surface area contributed by atoms with Crippen LogP contribution < -0.4 is 4.74 Å². The minimum Gasteiger partial charge on any atom is -0.492 e. The number of rotatable bonds is 5. The molecular weight excluding hydrogens is 206 g/mol. The van der Waals surface area contributed by atoms with E-state index in [1.54, 1.807) is 18.5 Å². The van der Waals surface area contributed by atoms with Gasteiger partial charge in [0.15, 0.2) is 0 Å². The second kappa shape index (κ2) is 4.96. The summed E-state index contributed by atoms with van der Waals surface area (Å²) in [5.74, 6) is 0.492. The van der Waals surface area contributed by atoms with Crippen LogP contribution in [0, 0.1) is 5.92 Å². The summed E-state index contributed by atoms with van der Waals surface area (Å²) < 4.78 is 5.58. The molecular formula is C12H15NO3. The van der Waals surface area contributed by atoms with Crippen molar-refractivity contribution in [3.05, 3.63) is 24.0 Å². The van der Waals surface area contributed by atoms with Gasteiger partial charge in [-0.25, -0.2) is 0 Å². The third-order valence-corrected chi connectivity index (χ3v) is 2.84. The van der Waals surface area contributed by atoms with E-state index >= 15 is 0 Å². The highest BCUT2D eigenvalue weighted by molar-refractivity contribution is 5.70. The van der Waals surface area contributed by atoms with Crippen molar-refractivity contribution in [2.24, 2.45) is 5.92 Å². The summed E-state index contributed by atoms with van der Waals surface area (Å²) in [4.78, 5) is 14.5. The largest absolute Gasteiger partial charge is 0.492 e. The van der Waals surface area contributed by atoms with Crippen LogP contribution in [0.1, 0.15) is 24.8 Å². The predicted octanol–water partition coefficient (Wildman–Crippen LogP) is 1.89. The maximum absolute atomic E-state index is 10.5. The van der Waals surface area contributed by atoms with Gasteiger partial charge in [-0.2, -0.15) is 0 Å². The fourth-order valence-electron chi connectivity index (χ4n) is 1.69. The number of hydrogen-bond acceptors (Lipinski definition) is 3. The number of pyridine rings is 1. The van der Waals surface area contributed by atoms with Crippen LogP contribution in [0.15, 0.2) is 18.5 Å². The van der Waals surface area contributed by atoms with Crippen molar-refractivity contribution >= 4 is 5.97 Å². The second-order valence-corrected chi connectivity index (χ2v) is 4.21. The van der Waals surface area contributed by atoms with E-state index in [2.05, 4.69) is 4.98 Å². The van der Waals surface area contributed by atoms with Gasteiger partial charge in [-0.3, -0.25) is 9.78 Å². The molecule has 1 aliphatic rings. The molecule has 2 rings (SSSR count). The molecule has 0 saturated heterocycles. The zero-order valence-corrected chi connectivity index (χ0v) is 9.06. The number of carbonyl (C=O) groups is 1. The van der Waals surface area contributed by atoms with Crippen molar-refractivity contribution in [2.45, 2.75) is 25.7 Å². The van der Waals surface area contributed by atoms with E-state index in [-0.39, 0.29) is 6.42 Å². The van der Waals surface area contributed by atoms with Crippen LogP contribution in [0.2, 0.25) is 0 Å². The van der Waals surface area contributed by atoms with Crippen molar-refractivity contribution in [3.8, 4) is 5.75 Å². The normalized spacial score (nSPS) is 15.5. The van der Waals surface area contributed by atoms with Crippen LogP contribution >= 0.6 is 0 Å². The molecule has 0 spiro atoms. The average molecular weight is 221 g/mol. The minimum atomic E-state index is -0.849. The molecule has 4 heteroatoms. The third kappa shape index (κ3) is 2.95. The lowest BCUT2D eigenvalue weighted by atomic mass is 9.86. The molecule has 0 aliphatic heterocycles. The lowest BCUT2D eigenvalue weighted by molar-refractivity contribution is -0.136. The molecule has 0 atom stereocenters. The highest BCUT2D eigenvalue weighted by Crippen LogP contribution is 2.27. The summed E-state index contributed by atoms with van der Waals surface area (Å²) in [6.45, 7) is 0.720. The quantitative estimate of drug-likeness (QED) is 0.824. The van der Waals surface area contributed by atoms with E-state index in [0.29, 0.717) is 17.2 Å². The summed E-state index contributed by atoms with van der Waals surface area (Å²) in [5, 5.41) is 8.65. The summed E-state index contributed by atoms with van der Waals surface area (Å²) in [5.41, 5.74) is 0.679. The van der Waals surface area contributed by atoms with Crippen molar-refractivity contribution in [1.29, 1.82) is 0 Å². The molecule has 0 aromatic carbocycles. The van der Waals surface area contributed by atoms with E-state index in [0.717, 1.165) is 6.61 Å². The SMILES string of the molecule is O=C(O)Cc1cncc(OCC2CCC2)c1. The van der Waals surface area contributed by atoms with Gasteiger partial charge in [-0.1, -0.05) is 6.42 Å². The van der Waals surface area contributed by atoms with E-state index in [1.165, 1.54) is 19.3 Å². The number of carboxylic acid groups (broad SMARTS) is 1. The van der Waals surface area contributed by atoms with Crippen LogP contribution in [0.3, 0.4) is 0 Å². The van der Waals surface area contributed by atoms with E-state index < -0.39 is 5.97 Å². The summed E-state index contributed by atoms with van der Waals surface area (Å²) in [6.07, 6.45) is 6.96. The van der Waals surface area contributed by atoms with Crippen molar-refractivity contribution < 1.29 is 14.6 Å². The van der Waals surface area contributed by atoms with Gasteiger partial charge in [0.2, 0.25) is 0 Å². The first-order valence-electron chi connectivity index (χ1n) is 5.52. The first-order chi connectivity index (χ1) is 7.74. The molecule has 0 amide bonds. The fraction of sp³-hybridized carbons (Fsp3) is 0.500. The fourth-order valence-corrected chi connectivity index (χ4v) is 1.69. The van der Waals surface area contributed by atoms with Gasteiger partial charge in [-0.05, 0) is 30.4 Å². The Balaban J connectivity index is 1.89. The lowest BCUT2D eigenvalue weighted by Crippen LogP contribution is -2.19. The lowest BCUT2D eigenvalue weighted by Gasteiger charge is -2.25. The van der Waals surface area contributed by atoms with Crippen LogP contribution in [0.5, 0.6) is 5.75 Å². The Morgan fingerprint density at radius 1 is 1.50 bits per heavy atom. The zero-order valence-electron chi connectivity index (χ0n) is 9.06. The van der Waals surface area contributed by atoms with Gasteiger partial charge in [0.1, 0.15) is 5.75 Å². The van der Waals surface area contributed by atoms with E-state index in [9.17, 15) is 4.79 Å². The van der Waals surface area contributed by atoms with Crippen molar-refractivity contribution in [1.82, 2.24) is 4.98 Å². The van der Waals surface area contributed by atoms with Crippen LogP contribution in [0.25, 0.3) is 0 Å². The highest BCUT2D eigenvalue weighted by Gasteiger charge is 2.17. The summed E-state index contributed by atoms with van der Waals surface area (Å²) in [7, 11) is 0. The standard InChI is InChI=1S/C12H15NO3/c14-12(15)5-10-4-11(7-13-6-10)16-8-9-2-1-3-9/h4,6-7,9H,1-3,5,8H2,(H,14,15). The van der Waals surface area contributed by atoms with E-state index in [1.807, 2.05) is 0 Å². The maximum Gasteiger partial charge on any atom is 0.307 e. The van der Waals surface area contributed by atoms with Crippen LogP contribution in [-0.2, 0) is 11.2 Å².